The summed E-state index contributed by atoms with van der Waals surface area (Å²) in [5, 5.41) is 7.09. The lowest BCUT2D eigenvalue weighted by atomic mass is 9.73. The van der Waals surface area contributed by atoms with Crippen molar-refractivity contribution in [2.75, 3.05) is 19.6 Å². The number of rotatable bonds is 5. The lowest BCUT2D eigenvalue weighted by molar-refractivity contribution is 0.00203. The van der Waals surface area contributed by atoms with Crippen LogP contribution in [-0.4, -0.2) is 61.9 Å². The smallest absolute Gasteiger partial charge is 0.325 e. The van der Waals surface area contributed by atoms with Gasteiger partial charge in [-0.25, -0.2) is 4.79 Å². The second-order valence-corrected chi connectivity index (χ2v) is 8.36. The summed E-state index contributed by atoms with van der Waals surface area (Å²) in [6, 6.07) is 3.13. The number of carbonyl (C=O) groups excluding carboxylic acids is 1. The number of nitrogens with one attached hydrogen (secondary N) is 3. The van der Waals surface area contributed by atoms with E-state index in [2.05, 4.69) is 25.3 Å². The Bertz CT molecular complexity index is 1030. The van der Waals surface area contributed by atoms with Gasteiger partial charge >= 0.3 is 5.69 Å². The maximum absolute atomic E-state index is 12.5. The summed E-state index contributed by atoms with van der Waals surface area (Å²) in [6.07, 6.45) is 3.79. The molecule has 1 spiro atoms. The number of aryl methyl sites for hydroxylation is 1. The Morgan fingerprint density at radius 1 is 1.41 bits per heavy atom. The highest BCUT2D eigenvalue weighted by molar-refractivity contribution is 5.92. The van der Waals surface area contributed by atoms with E-state index in [1.54, 1.807) is 24.0 Å². The number of ether oxygens (including phenoxy) is 1. The first-order valence-electron chi connectivity index (χ1n) is 9.92. The van der Waals surface area contributed by atoms with Crippen molar-refractivity contribution < 1.29 is 9.53 Å². The minimum Gasteiger partial charge on any atom is -0.370 e. The number of hydrogen-bond donors (Lipinski definition) is 3. The molecule has 10 nitrogen and oxygen atoms in total. The van der Waals surface area contributed by atoms with Crippen LogP contribution in [0, 0.1) is 11.8 Å². The summed E-state index contributed by atoms with van der Waals surface area (Å²) in [5.74, 6) is 0.448. The Kier molecular flexibility index (Phi) is 4.21. The van der Waals surface area contributed by atoms with Crippen LogP contribution in [0.2, 0.25) is 0 Å². The van der Waals surface area contributed by atoms with Gasteiger partial charge in [0.25, 0.3) is 11.5 Å². The number of likely N-dealkylation sites (tertiary alicyclic amines) is 1. The average Bonchev–Trinajstić information content (AvgIpc) is 3.39. The molecule has 0 radical (unpaired) electrons. The van der Waals surface area contributed by atoms with Gasteiger partial charge in [-0.2, -0.15) is 5.10 Å². The Hall–Kier alpha value is -2.72. The summed E-state index contributed by atoms with van der Waals surface area (Å²) in [5.41, 5.74) is 0.0710. The predicted molar refractivity (Wildman–Crippen MR) is 102 cm³/mol. The summed E-state index contributed by atoms with van der Waals surface area (Å²) in [7, 11) is 1.75. The highest BCUT2D eigenvalue weighted by Crippen LogP contribution is 2.54. The van der Waals surface area contributed by atoms with Gasteiger partial charge in [0.05, 0.1) is 11.7 Å². The van der Waals surface area contributed by atoms with Crippen LogP contribution in [0.1, 0.15) is 29.0 Å². The van der Waals surface area contributed by atoms with Gasteiger partial charge in [0.15, 0.2) is 0 Å². The summed E-state index contributed by atoms with van der Waals surface area (Å²) in [6.45, 7) is 2.66. The van der Waals surface area contributed by atoms with E-state index in [9.17, 15) is 14.4 Å². The fourth-order valence-corrected chi connectivity index (χ4v) is 5.42. The third-order valence-corrected chi connectivity index (χ3v) is 6.62. The van der Waals surface area contributed by atoms with Crippen molar-refractivity contribution in [3.8, 4) is 0 Å². The number of amides is 1. The van der Waals surface area contributed by atoms with E-state index < -0.39 is 11.2 Å². The highest BCUT2D eigenvalue weighted by Gasteiger charge is 2.62. The molecule has 3 fully saturated rings. The molecule has 2 aromatic heterocycles. The molecule has 5 rings (SSSR count). The molecule has 0 unspecified atom stereocenters. The van der Waals surface area contributed by atoms with Crippen molar-refractivity contribution in [3.05, 3.63) is 50.6 Å². The standard InChI is InChI=1S/C19H24N6O4/c1-24-14(3-5-21-24)17(27)20-7-12-13-9-25(10-19(13)4-2-15(12)29-19)8-11-6-16(26)23-18(28)22-11/h3,5-6,12-13,15H,2,4,7-10H2,1H3,(H,20,27)(H2,22,23,26,28)/t12-,13+,15+,19+/m0/s1. The molecule has 154 valence electrons. The molecule has 3 N–H and O–H groups in total. The van der Waals surface area contributed by atoms with E-state index in [4.69, 9.17) is 4.74 Å². The van der Waals surface area contributed by atoms with Gasteiger partial charge < -0.3 is 15.0 Å². The van der Waals surface area contributed by atoms with Gasteiger partial charge in [0.2, 0.25) is 0 Å². The molecule has 3 aliphatic rings. The van der Waals surface area contributed by atoms with Gasteiger partial charge in [-0.05, 0) is 18.9 Å². The van der Waals surface area contributed by atoms with E-state index in [0.717, 1.165) is 25.9 Å². The number of nitrogens with zero attached hydrogens (tertiary/aromatic N) is 3. The summed E-state index contributed by atoms with van der Waals surface area (Å²) in [4.78, 5) is 42.7. The predicted octanol–water partition coefficient (Wildman–Crippen LogP) is -0.794. The van der Waals surface area contributed by atoms with Crippen LogP contribution in [0.3, 0.4) is 0 Å². The molecule has 0 aliphatic carbocycles. The van der Waals surface area contributed by atoms with Crippen LogP contribution >= 0.6 is 0 Å². The van der Waals surface area contributed by atoms with Crippen molar-refractivity contribution >= 4 is 5.91 Å². The van der Waals surface area contributed by atoms with Crippen LogP contribution in [0.4, 0.5) is 0 Å². The molecule has 4 atom stereocenters. The lowest BCUT2D eigenvalue weighted by Crippen LogP contribution is -2.42. The van der Waals surface area contributed by atoms with Gasteiger partial charge in [0, 0.05) is 63.0 Å². The SMILES string of the molecule is Cn1nccc1C(=O)NC[C@H]1[C@H]2CN(Cc3cc(=O)[nH]c(=O)[nH]3)C[C@]23CC[C@H]1O3. The van der Waals surface area contributed by atoms with Crippen LogP contribution in [0.5, 0.6) is 0 Å². The number of H-pyrrole nitrogens is 2. The fourth-order valence-electron chi connectivity index (χ4n) is 5.42. The number of aromatic nitrogens is 4. The minimum atomic E-state index is -0.488. The summed E-state index contributed by atoms with van der Waals surface area (Å²) >= 11 is 0. The zero-order chi connectivity index (χ0) is 20.2. The second-order valence-electron chi connectivity index (χ2n) is 8.36. The topological polar surface area (TPSA) is 125 Å². The largest absolute Gasteiger partial charge is 0.370 e. The molecule has 29 heavy (non-hydrogen) atoms. The first-order valence-corrected chi connectivity index (χ1v) is 9.92. The third-order valence-electron chi connectivity index (χ3n) is 6.62. The van der Waals surface area contributed by atoms with Crippen molar-refractivity contribution in [3.63, 3.8) is 0 Å². The Morgan fingerprint density at radius 3 is 3.03 bits per heavy atom. The Labute approximate surface area is 166 Å². The zero-order valence-electron chi connectivity index (χ0n) is 16.2. The minimum absolute atomic E-state index is 0.127. The second kappa shape index (κ2) is 6.67. The number of carbonyl (C=O) groups is 1. The van der Waals surface area contributed by atoms with Crippen LogP contribution in [0.25, 0.3) is 0 Å². The quantitative estimate of drug-likeness (QED) is 0.604. The maximum atomic E-state index is 12.5. The normalized spacial score (nSPS) is 30.6. The van der Waals surface area contributed by atoms with Gasteiger partial charge in [0.1, 0.15) is 5.69 Å². The average molecular weight is 400 g/mol. The van der Waals surface area contributed by atoms with Gasteiger partial charge in [-0.1, -0.05) is 0 Å². The zero-order valence-corrected chi connectivity index (χ0v) is 16.2. The maximum Gasteiger partial charge on any atom is 0.325 e. The van der Waals surface area contributed by atoms with Crippen molar-refractivity contribution in [2.24, 2.45) is 18.9 Å². The van der Waals surface area contributed by atoms with Gasteiger partial charge in [-0.15, -0.1) is 0 Å². The van der Waals surface area contributed by atoms with E-state index in [1.807, 2.05) is 0 Å². The van der Waals surface area contributed by atoms with Crippen molar-refractivity contribution in [1.29, 1.82) is 0 Å². The molecule has 3 aliphatic heterocycles. The fraction of sp³-hybridized carbons (Fsp3) is 0.579. The van der Waals surface area contributed by atoms with Crippen molar-refractivity contribution in [1.82, 2.24) is 30.0 Å². The van der Waals surface area contributed by atoms with E-state index in [-0.39, 0.29) is 23.5 Å². The van der Waals surface area contributed by atoms with Crippen LogP contribution < -0.4 is 16.6 Å². The number of fused-ring (bicyclic) bond motifs is 1. The molecule has 2 aromatic rings. The Morgan fingerprint density at radius 2 is 2.28 bits per heavy atom. The molecule has 2 bridgehead atoms. The molecular weight excluding hydrogens is 376 g/mol. The van der Waals surface area contributed by atoms with Crippen molar-refractivity contribution in [2.45, 2.75) is 31.1 Å². The molecule has 5 heterocycles. The molecule has 0 saturated carbocycles. The van der Waals surface area contributed by atoms with E-state index in [0.29, 0.717) is 30.4 Å². The third kappa shape index (κ3) is 3.12. The summed E-state index contributed by atoms with van der Waals surface area (Å²) < 4.78 is 7.97. The van der Waals surface area contributed by atoms with E-state index >= 15 is 0 Å². The van der Waals surface area contributed by atoms with E-state index in [1.165, 1.54) is 6.07 Å². The molecular formula is C19H24N6O4. The first kappa shape index (κ1) is 18.3. The first-order chi connectivity index (χ1) is 13.9. The highest BCUT2D eigenvalue weighted by atomic mass is 16.5. The molecule has 1 amide bonds. The van der Waals surface area contributed by atoms with Gasteiger partial charge in [-0.3, -0.25) is 24.2 Å². The molecule has 3 saturated heterocycles. The monoisotopic (exact) mass is 400 g/mol. The van der Waals surface area contributed by atoms with Crippen LogP contribution in [0.15, 0.2) is 27.9 Å². The lowest BCUT2D eigenvalue weighted by Gasteiger charge is -2.29. The molecule has 10 heteroatoms. The van der Waals surface area contributed by atoms with Crippen LogP contribution in [-0.2, 0) is 18.3 Å². The number of hydrogen-bond acceptors (Lipinski definition) is 6. The Balaban J connectivity index is 1.27. The molecule has 0 aromatic carbocycles. The number of aromatic amines is 2.